The molecule has 0 aliphatic carbocycles. The van der Waals surface area contributed by atoms with Crippen LogP contribution >= 0.6 is 11.3 Å². The van der Waals surface area contributed by atoms with Gasteiger partial charge in [-0.2, -0.15) is 5.10 Å². The number of benzene rings is 1. The molecule has 0 aliphatic heterocycles. The van der Waals surface area contributed by atoms with Gasteiger partial charge in [0.15, 0.2) is 11.5 Å². The second-order valence-electron chi connectivity index (χ2n) is 7.42. The van der Waals surface area contributed by atoms with Gasteiger partial charge in [-0.1, -0.05) is 30.3 Å². The fourth-order valence-electron chi connectivity index (χ4n) is 3.81. The van der Waals surface area contributed by atoms with Crippen LogP contribution in [0.15, 0.2) is 55.0 Å². The highest BCUT2D eigenvalue weighted by Gasteiger charge is 2.21. The van der Waals surface area contributed by atoms with Crippen molar-refractivity contribution in [1.82, 2.24) is 34.3 Å². The smallest absolute Gasteiger partial charge is 0.265 e. The molecule has 0 spiro atoms. The first kappa shape index (κ1) is 18.9. The topological polar surface area (TPSA) is 73.8 Å². The molecule has 7 nitrogen and oxygen atoms in total. The standard InChI is InChI=1S/C22H15F2N7S/c1-12-7-8-30(28-12)10-16-27-21-19-18(25-11-31(21)29-16)17-14(13-5-3-2-4-6-13)9-15(20(23)24)26-22(17)32-19/h2-9,11,20H,10H2,1H3. The molecule has 5 heterocycles. The van der Waals surface area contributed by atoms with Crippen molar-refractivity contribution in [3.63, 3.8) is 0 Å². The van der Waals surface area contributed by atoms with Gasteiger partial charge in [-0.05, 0) is 30.2 Å². The third kappa shape index (κ3) is 3.02. The number of rotatable bonds is 4. The lowest BCUT2D eigenvalue weighted by atomic mass is 10.0. The lowest BCUT2D eigenvalue weighted by molar-refractivity contribution is 0.146. The van der Waals surface area contributed by atoms with Crippen molar-refractivity contribution < 1.29 is 8.78 Å². The SMILES string of the molecule is Cc1ccn(Cc2nc3c4sc5nc(C(F)F)cc(-c6ccccc6)c5c4ncn3n2)n1. The minimum Gasteiger partial charge on any atom is -0.265 e. The first-order valence-corrected chi connectivity index (χ1v) is 10.7. The summed E-state index contributed by atoms with van der Waals surface area (Å²) in [5.41, 5.74) is 3.47. The van der Waals surface area contributed by atoms with E-state index >= 15 is 0 Å². The summed E-state index contributed by atoms with van der Waals surface area (Å²) >= 11 is 1.30. The second kappa shape index (κ2) is 7.13. The normalized spacial score (nSPS) is 12.0. The Balaban J connectivity index is 1.59. The maximum Gasteiger partial charge on any atom is 0.280 e. The van der Waals surface area contributed by atoms with Gasteiger partial charge in [0.1, 0.15) is 28.1 Å². The molecule has 0 saturated heterocycles. The highest BCUT2D eigenvalue weighted by atomic mass is 32.1. The Kier molecular flexibility index (Phi) is 4.22. The Morgan fingerprint density at radius 1 is 1.06 bits per heavy atom. The van der Waals surface area contributed by atoms with Crippen LogP contribution in [0.2, 0.25) is 0 Å². The van der Waals surface area contributed by atoms with Gasteiger partial charge in [-0.3, -0.25) is 4.68 Å². The lowest BCUT2D eigenvalue weighted by Gasteiger charge is -2.07. The molecule has 0 radical (unpaired) electrons. The number of aryl methyl sites for hydroxylation is 1. The quantitative estimate of drug-likeness (QED) is 0.378. The van der Waals surface area contributed by atoms with E-state index in [0.29, 0.717) is 33.9 Å². The highest BCUT2D eigenvalue weighted by molar-refractivity contribution is 7.26. The van der Waals surface area contributed by atoms with Crippen molar-refractivity contribution in [2.24, 2.45) is 0 Å². The Morgan fingerprint density at radius 3 is 2.66 bits per heavy atom. The maximum absolute atomic E-state index is 13.6. The molecule has 0 fully saturated rings. The lowest BCUT2D eigenvalue weighted by Crippen LogP contribution is -2.02. The number of nitrogens with zero attached hydrogens (tertiary/aromatic N) is 7. The maximum atomic E-state index is 13.6. The third-order valence-electron chi connectivity index (χ3n) is 5.22. The predicted molar refractivity (Wildman–Crippen MR) is 118 cm³/mol. The van der Waals surface area contributed by atoms with Gasteiger partial charge < -0.3 is 0 Å². The van der Waals surface area contributed by atoms with Crippen molar-refractivity contribution in [1.29, 1.82) is 0 Å². The molecule has 0 N–H and O–H groups in total. The van der Waals surface area contributed by atoms with Crippen LogP contribution in [-0.2, 0) is 6.54 Å². The fraction of sp³-hybridized carbons (Fsp3) is 0.136. The molecule has 0 atom stereocenters. The van der Waals surface area contributed by atoms with E-state index in [1.54, 1.807) is 15.5 Å². The second-order valence-corrected chi connectivity index (χ2v) is 8.42. The van der Waals surface area contributed by atoms with E-state index < -0.39 is 6.43 Å². The number of hydrogen-bond acceptors (Lipinski definition) is 6. The predicted octanol–water partition coefficient (Wildman–Crippen LogP) is 5.05. The molecule has 0 aliphatic rings. The largest absolute Gasteiger partial charge is 0.280 e. The summed E-state index contributed by atoms with van der Waals surface area (Å²) in [6.07, 6.45) is 0.804. The summed E-state index contributed by atoms with van der Waals surface area (Å²) in [4.78, 5) is 14.0. The van der Waals surface area contributed by atoms with E-state index in [-0.39, 0.29) is 5.69 Å². The molecule has 0 bridgehead atoms. The van der Waals surface area contributed by atoms with Gasteiger partial charge in [0.05, 0.1) is 11.2 Å². The number of fused-ring (bicyclic) bond motifs is 5. The van der Waals surface area contributed by atoms with Crippen molar-refractivity contribution in [2.45, 2.75) is 19.9 Å². The van der Waals surface area contributed by atoms with Crippen molar-refractivity contribution in [3.8, 4) is 11.1 Å². The Morgan fingerprint density at radius 2 is 1.91 bits per heavy atom. The van der Waals surface area contributed by atoms with E-state index in [1.807, 2.05) is 49.5 Å². The van der Waals surface area contributed by atoms with Gasteiger partial charge in [-0.25, -0.2) is 28.2 Å². The molecule has 6 aromatic rings. The summed E-state index contributed by atoms with van der Waals surface area (Å²) in [5.74, 6) is 0.587. The van der Waals surface area contributed by atoms with Crippen LogP contribution in [0.3, 0.4) is 0 Å². The van der Waals surface area contributed by atoms with Gasteiger partial charge in [0, 0.05) is 11.6 Å². The summed E-state index contributed by atoms with van der Waals surface area (Å²) in [6, 6.07) is 12.8. The van der Waals surface area contributed by atoms with Crippen molar-refractivity contribution in [3.05, 3.63) is 72.2 Å². The van der Waals surface area contributed by atoms with Crippen LogP contribution in [0.5, 0.6) is 0 Å². The number of halogens is 2. The molecular weight excluding hydrogens is 432 g/mol. The van der Waals surface area contributed by atoms with E-state index in [2.05, 4.69) is 25.1 Å². The molecule has 0 amide bonds. The molecule has 158 valence electrons. The van der Waals surface area contributed by atoms with Crippen LogP contribution in [0.25, 0.3) is 37.2 Å². The number of aromatic nitrogens is 7. The van der Waals surface area contributed by atoms with Gasteiger partial charge >= 0.3 is 0 Å². The molecule has 10 heteroatoms. The van der Waals surface area contributed by atoms with Crippen molar-refractivity contribution >= 4 is 37.4 Å². The molecule has 32 heavy (non-hydrogen) atoms. The van der Waals surface area contributed by atoms with E-state index in [4.69, 9.17) is 0 Å². The number of thiophene rings is 1. The summed E-state index contributed by atoms with van der Waals surface area (Å²) < 4.78 is 31.3. The minimum absolute atomic E-state index is 0.255. The molecule has 6 rings (SSSR count). The van der Waals surface area contributed by atoms with E-state index in [9.17, 15) is 8.78 Å². The van der Waals surface area contributed by atoms with E-state index in [0.717, 1.165) is 21.3 Å². The summed E-state index contributed by atoms with van der Waals surface area (Å²) in [6.45, 7) is 2.34. The van der Waals surface area contributed by atoms with Crippen LogP contribution in [0.4, 0.5) is 8.78 Å². The fourth-order valence-corrected chi connectivity index (χ4v) is 4.95. The highest BCUT2D eigenvalue weighted by Crippen LogP contribution is 2.40. The first-order valence-electron chi connectivity index (χ1n) is 9.88. The van der Waals surface area contributed by atoms with Gasteiger partial charge in [-0.15, -0.1) is 16.4 Å². The zero-order valence-corrected chi connectivity index (χ0v) is 17.6. The Bertz CT molecular complexity index is 1600. The van der Waals surface area contributed by atoms with Crippen LogP contribution < -0.4 is 0 Å². The minimum atomic E-state index is -2.67. The van der Waals surface area contributed by atoms with Gasteiger partial charge in [0.2, 0.25) is 0 Å². The zero-order valence-electron chi connectivity index (χ0n) is 16.8. The summed E-state index contributed by atoms with van der Waals surface area (Å²) in [7, 11) is 0. The third-order valence-corrected chi connectivity index (χ3v) is 6.29. The number of pyridine rings is 1. The zero-order chi connectivity index (χ0) is 21.8. The van der Waals surface area contributed by atoms with E-state index in [1.165, 1.54) is 17.4 Å². The van der Waals surface area contributed by atoms with Crippen molar-refractivity contribution in [2.75, 3.05) is 0 Å². The molecule has 0 saturated carbocycles. The van der Waals surface area contributed by atoms with Crippen LogP contribution in [0.1, 0.15) is 23.6 Å². The van der Waals surface area contributed by atoms with Crippen LogP contribution in [-0.4, -0.2) is 34.3 Å². The summed E-state index contributed by atoms with van der Waals surface area (Å²) in [5, 5.41) is 9.64. The Labute approximate surface area is 184 Å². The first-order chi connectivity index (χ1) is 15.6. The van der Waals surface area contributed by atoms with Crippen LogP contribution in [0, 0.1) is 6.92 Å². The number of hydrogen-bond donors (Lipinski definition) is 0. The van der Waals surface area contributed by atoms with Gasteiger partial charge in [0.25, 0.3) is 6.43 Å². The Hall–Kier alpha value is -3.79. The average molecular weight is 447 g/mol. The molecule has 1 aromatic carbocycles. The molecular formula is C22H15F2N7S. The average Bonchev–Trinajstić information content (AvgIpc) is 3.49. The molecule has 0 unspecified atom stereocenters. The molecule has 5 aromatic heterocycles. The monoisotopic (exact) mass is 447 g/mol. The number of alkyl halides is 2.